The molecule has 4 rings (SSSR count). The summed E-state index contributed by atoms with van der Waals surface area (Å²) in [4.78, 5) is 37.7. The van der Waals surface area contributed by atoms with Gasteiger partial charge in [-0.25, -0.2) is 24.1 Å². The second-order valence-corrected chi connectivity index (χ2v) is 9.70. The number of pyridine rings is 1. The summed E-state index contributed by atoms with van der Waals surface area (Å²) in [6.45, 7) is 5.99. The summed E-state index contributed by atoms with van der Waals surface area (Å²) in [5.41, 5.74) is 2.21. The highest BCUT2D eigenvalue weighted by atomic mass is 19.1. The van der Waals surface area contributed by atoms with Crippen molar-refractivity contribution >= 4 is 23.4 Å². The number of rotatable bonds is 9. The first-order valence-electron chi connectivity index (χ1n) is 12.2. The summed E-state index contributed by atoms with van der Waals surface area (Å²) in [7, 11) is 1.61. The van der Waals surface area contributed by atoms with Crippen molar-refractivity contribution in [2.45, 2.75) is 45.6 Å². The molecule has 1 aliphatic rings. The minimum Gasteiger partial charge on any atom is -0.379 e. The number of nitrogens with one attached hydrogen (secondary N) is 3. The lowest BCUT2D eigenvalue weighted by molar-refractivity contribution is -0.117. The molecule has 3 aromatic rings. The van der Waals surface area contributed by atoms with Gasteiger partial charge in [-0.15, -0.1) is 0 Å². The van der Waals surface area contributed by atoms with Crippen LogP contribution in [-0.2, 0) is 9.53 Å². The number of nitrogens with zero attached hydrogens (tertiary/aromatic N) is 3. The number of aromatic nitrogens is 3. The van der Waals surface area contributed by atoms with Crippen LogP contribution in [0, 0.1) is 18.7 Å². The van der Waals surface area contributed by atoms with E-state index in [-0.39, 0.29) is 23.1 Å². The van der Waals surface area contributed by atoms with Crippen molar-refractivity contribution < 1.29 is 18.7 Å². The Morgan fingerprint density at radius 1 is 1.11 bits per heavy atom. The van der Waals surface area contributed by atoms with Crippen LogP contribution in [0.3, 0.4) is 0 Å². The molecule has 9 nitrogen and oxygen atoms in total. The van der Waals surface area contributed by atoms with Gasteiger partial charge in [0.25, 0.3) is 0 Å². The summed E-state index contributed by atoms with van der Waals surface area (Å²) in [6.07, 6.45) is 5.60. The van der Waals surface area contributed by atoms with E-state index in [1.165, 1.54) is 6.07 Å². The third-order valence-electron chi connectivity index (χ3n) is 6.28. The lowest BCUT2D eigenvalue weighted by Gasteiger charge is -2.22. The van der Waals surface area contributed by atoms with E-state index in [4.69, 9.17) is 4.74 Å². The van der Waals surface area contributed by atoms with E-state index in [1.54, 1.807) is 50.7 Å². The normalized spacial score (nSPS) is 13.2. The van der Waals surface area contributed by atoms with Crippen LogP contribution >= 0.6 is 0 Å². The average Bonchev–Trinajstić information content (AvgIpc) is 3.72. The van der Waals surface area contributed by atoms with E-state index in [0.717, 1.165) is 12.8 Å². The molecule has 2 aromatic heterocycles. The number of methoxy groups -OCH3 is 1. The molecule has 0 unspecified atom stereocenters. The number of aryl methyl sites for hydroxylation is 1. The molecule has 1 saturated carbocycles. The average molecular weight is 507 g/mol. The number of ether oxygens (including phenoxy) is 1. The number of benzene rings is 1. The highest BCUT2D eigenvalue weighted by molar-refractivity contribution is 5.93. The van der Waals surface area contributed by atoms with Crippen LogP contribution in [0.1, 0.15) is 38.7 Å². The molecule has 2 heterocycles. The van der Waals surface area contributed by atoms with E-state index in [2.05, 4.69) is 30.9 Å². The first-order chi connectivity index (χ1) is 17.6. The van der Waals surface area contributed by atoms with Gasteiger partial charge in [-0.3, -0.25) is 4.79 Å². The Labute approximate surface area is 215 Å². The summed E-state index contributed by atoms with van der Waals surface area (Å²) in [6, 6.07) is 7.60. The molecule has 0 aliphatic heterocycles. The summed E-state index contributed by atoms with van der Waals surface area (Å²) in [5.74, 6) is 0.348. The fraction of sp³-hybridized carbons (Fsp3) is 0.370. The van der Waals surface area contributed by atoms with Crippen LogP contribution in [0.25, 0.3) is 22.6 Å². The Bertz CT molecular complexity index is 1310. The second-order valence-electron chi connectivity index (χ2n) is 9.70. The Morgan fingerprint density at radius 2 is 1.86 bits per heavy atom. The van der Waals surface area contributed by atoms with Gasteiger partial charge in [0, 0.05) is 43.1 Å². The van der Waals surface area contributed by atoms with E-state index in [9.17, 15) is 14.0 Å². The molecule has 0 radical (unpaired) electrons. The van der Waals surface area contributed by atoms with Gasteiger partial charge in [-0.2, -0.15) is 0 Å². The summed E-state index contributed by atoms with van der Waals surface area (Å²) in [5, 5.41) is 8.13. The van der Waals surface area contributed by atoms with Crippen LogP contribution in [-0.4, -0.2) is 46.1 Å². The van der Waals surface area contributed by atoms with E-state index in [1.807, 2.05) is 13.8 Å². The molecular weight excluding hydrogens is 475 g/mol. The molecule has 37 heavy (non-hydrogen) atoms. The number of anilines is 2. The van der Waals surface area contributed by atoms with E-state index in [0.29, 0.717) is 47.0 Å². The number of urea groups is 1. The quantitative estimate of drug-likeness (QED) is 0.378. The van der Waals surface area contributed by atoms with Gasteiger partial charge in [-0.1, -0.05) is 0 Å². The van der Waals surface area contributed by atoms with Crippen LogP contribution in [0.2, 0.25) is 0 Å². The van der Waals surface area contributed by atoms with E-state index >= 15 is 0 Å². The van der Waals surface area contributed by atoms with Crippen LogP contribution in [0.4, 0.5) is 20.7 Å². The lowest BCUT2D eigenvalue weighted by Crippen LogP contribution is -2.34. The number of halogens is 1. The van der Waals surface area contributed by atoms with Crippen molar-refractivity contribution in [3.05, 3.63) is 54.1 Å². The molecule has 0 saturated heterocycles. The Morgan fingerprint density at radius 3 is 2.59 bits per heavy atom. The maximum Gasteiger partial charge on any atom is 0.319 e. The van der Waals surface area contributed by atoms with Crippen molar-refractivity contribution in [3.8, 4) is 22.6 Å². The van der Waals surface area contributed by atoms with Gasteiger partial charge in [-0.05, 0) is 75.9 Å². The number of amides is 3. The standard InChI is InChI=1S/C27H31FN6O3/c1-16-13-20(28)22(33-26(36)31-12-9-27(2,3)37-4)15-19(16)21-8-11-30-24(32-21)18-7-10-29-23(14-18)34-25(35)17-5-6-17/h7-8,10-11,13-15,17H,5-6,9,12H2,1-4H3,(H,29,34,35)(H2,31,33,36). The first-order valence-corrected chi connectivity index (χ1v) is 12.2. The number of hydrogen-bond acceptors (Lipinski definition) is 6. The van der Waals surface area contributed by atoms with Gasteiger partial charge in [0.05, 0.1) is 17.0 Å². The molecule has 3 amide bonds. The molecule has 1 aliphatic carbocycles. The van der Waals surface area contributed by atoms with Gasteiger partial charge in [0.2, 0.25) is 5.91 Å². The Kier molecular flexibility index (Phi) is 7.77. The molecule has 3 N–H and O–H groups in total. The zero-order valence-electron chi connectivity index (χ0n) is 21.4. The lowest BCUT2D eigenvalue weighted by atomic mass is 10.0. The first kappa shape index (κ1) is 26.2. The zero-order chi connectivity index (χ0) is 26.6. The second kappa shape index (κ2) is 11.0. The minimum absolute atomic E-state index is 0.0345. The third-order valence-corrected chi connectivity index (χ3v) is 6.28. The molecular formula is C27H31FN6O3. The molecule has 0 bridgehead atoms. The SMILES string of the molecule is COC(C)(C)CCNC(=O)Nc1cc(-c2ccnc(-c3ccnc(NC(=O)C4CC4)c3)n2)c(C)cc1F. The van der Waals surface area contributed by atoms with Crippen molar-refractivity contribution in [2.75, 3.05) is 24.3 Å². The highest BCUT2D eigenvalue weighted by Gasteiger charge is 2.29. The molecule has 1 fully saturated rings. The van der Waals surface area contributed by atoms with Crippen molar-refractivity contribution in [1.29, 1.82) is 0 Å². The van der Waals surface area contributed by atoms with Crippen molar-refractivity contribution in [3.63, 3.8) is 0 Å². The van der Waals surface area contributed by atoms with Gasteiger partial charge >= 0.3 is 6.03 Å². The number of carbonyl (C=O) groups is 2. The fourth-order valence-corrected chi connectivity index (χ4v) is 3.65. The van der Waals surface area contributed by atoms with Gasteiger partial charge in [0.15, 0.2) is 5.82 Å². The molecule has 0 atom stereocenters. The zero-order valence-corrected chi connectivity index (χ0v) is 21.4. The Hall–Kier alpha value is -3.92. The molecule has 0 spiro atoms. The molecule has 194 valence electrons. The predicted octanol–water partition coefficient (Wildman–Crippen LogP) is 4.94. The summed E-state index contributed by atoms with van der Waals surface area (Å²) >= 11 is 0. The number of hydrogen-bond donors (Lipinski definition) is 3. The maximum absolute atomic E-state index is 14.7. The minimum atomic E-state index is -0.548. The molecule has 10 heteroatoms. The largest absolute Gasteiger partial charge is 0.379 e. The fourth-order valence-electron chi connectivity index (χ4n) is 3.65. The van der Waals surface area contributed by atoms with Gasteiger partial charge in [0.1, 0.15) is 11.6 Å². The van der Waals surface area contributed by atoms with Crippen molar-refractivity contribution in [2.24, 2.45) is 5.92 Å². The van der Waals surface area contributed by atoms with Gasteiger partial charge < -0.3 is 20.7 Å². The summed E-state index contributed by atoms with van der Waals surface area (Å²) < 4.78 is 20.0. The predicted molar refractivity (Wildman–Crippen MR) is 139 cm³/mol. The third kappa shape index (κ3) is 6.85. The molecule has 1 aromatic carbocycles. The smallest absolute Gasteiger partial charge is 0.319 e. The van der Waals surface area contributed by atoms with Crippen molar-refractivity contribution in [1.82, 2.24) is 20.3 Å². The van der Waals surface area contributed by atoms with Crippen LogP contribution < -0.4 is 16.0 Å². The number of carbonyl (C=O) groups excluding carboxylic acids is 2. The monoisotopic (exact) mass is 506 g/mol. The maximum atomic E-state index is 14.7. The van der Waals surface area contributed by atoms with Crippen LogP contribution in [0.5, 0.6) is 0 Å². The van der Waals surface area contributed by atoms with E-state index < -0.39 is 11.8 Å². The van der Waals surface area contributed by atoms with Crippen LogP contribution in [0.15, 0.2) is 42.7 Å². The Balaban J connectivity index is 1.52. The highest BCUT2D eigenvalue weighted by Crippen LogP contribution is 2.31. The topological polar surface area (TPSA) is 118 Å².